The molecule has 2 amide bonds. The number of aryl methyl sites for hydroxylation is 2. The number of fused-ring (bicyclic) bond motifs is 1. The summed E-state index contributed by atoms with van der Waals surface area (Å²) >= 11 is 1.54. The van der Waals surface area contributed by atoms with Gasteiger partial charge >= 0.3 is 6.03 Å². The summed E-state index contributed by atoms with van der Waals surface area (Å²) in [4.78, 5) is 17.8. The molecule has 0 saturated heterocycles. The highest BCUT2D eigenvalue weighted by molar-refractivity contribution is 7.15. The summed E-state index contributed by atoms with van der Waals surface area (Å²) in [5, 5.41) is 5.97. The van der Waals surface area contributed by atoms with E-state index in [1.165, 1.54) is 36.3 Å². The van der Waals surface area contributed by atoms with Crippen LogP contribution < -0.4 is 10.6 Å². The minimum Gasteiger partial charge on any atom is -0.308 e. The average Bonchev–Trinajstić information content (AvgIpc) is 2.80. The lowest BCUT2D eigenvalue weighted by molar-refractivity contribution is 0.262. The number of hydrogen-bond acceptors (Lipinski definition) is 3. The summed E-state index contributed by atoms with van der Waals surface area (Å²) in [6.07, 6.45) is 6.88. The van der Waals surface area contributed by atoms with Gasteiger partial charge in [0.25, 0.3) is 0 Å². The van der Waals surface area contributed by atoms with Crippen molar-refractivity contribution < 1.29 is 9.18 Å². The number of thiazole rings is 1. The van der Waals surface area contributed by atoms with Crippen molar-refractivity contribution in [2.24, 2.45) is 0 Å². The number of halogens is 1. The van der Waals surface area contributed by atoms with E-state index in [0.717, 1.165) is 25.0 Å². The zero-order chi connectivity index (χ0) is 15.4. The zero-order valence-electron chi connectivity index (χ0n) is 12.2. The molecule has 1 aliphatic rings. The number of rotatable bonds is 2. The zero-order valence-corrected chi connectivity index (χ0v) is 13.0. The van der Waals surface area contributed by atoms with Crippen molar-refractivity contribution in [3.05, 3.63) is 40.7 Å². The van der Waals surface area contributed by atoms with Gasteiger partial charge in [0.1, 0.15) is 5.82 Å². The predicted octanol–water partition coefficient (Wildman–Crippen LogP) is 4.59. The Morgan fingerprint density at radius 2 is 1.95 bits per heavy atom. The van der Waals surface area contributed by atoms with Gasteiger partial charge in [0, 0.05) is 10.6 Å². The molecule has 0 saturated carbocycles. The molecule has 2 aromatic rings. The summed E-state index contributed by atoms with van der Waals surface area (Å²) in [5.74, 6) is -0.380. The van der Waals surface area contributed by atoms with Gasteiger partial charge in [-0.15, -0.1) is 11.3 Å². The maximum absolute atomic E-state index is 13.1. The average molecular weight is 319 g/mol. The Balaban J connectivity index is 1.65. The van der Waals surface area contributed by atoms with Crippen LogP contribution in [0, 0.1) is 5.82 Å². The lowest BCUT2D eigenvalue weighted by Gasteiger charge is -2.06. The van der Waals surface area contributed by atoms with Gasteiger partial charge in [-0.3, -0.25) is 5.32 Å². The normalized spacial score (nSPS) is 14.6. The molecule has 0 spiro atoms. The van der Waals surface area contributed by atoms with Gasteiger partial charge in [0.05, 0.1) is 5.69 Å². The maximum Gasteiger partial charge on any atom is 0.325 e. The molecule has 2 N–H and O–H groups in total. The topological polar surface area (TPSA) is 54.0 Å². The summed E-state index contributed by atoms with van der Waals surface area (Å²) in [6.45, 7) is 0. The van der Waals surface area contributed by atoms with Crippen LogP contribution in [0.15, 0.2) is 24.3 Å². The molecule has 4 nitrogen and oxygen atoms in total. The van der Waals surface area contributed by atoms with E-state index >= 15 is 0 Å². The Kier molecular flexibility index (Phi) is 4.68. The smallest absolute Gasteiger partial charge is 0.308 e. The van der Waals surface area contributed by atoms with E-state index in [1.54, 1.807) is 23.5 Å². The van der Waals surface area contributed by atoms with Gasteiger partial charge in [-0.2, -0.15) is 0 Å². The highest BCUT2D eigenvalue weighted by atomic mass is 32.1. The quantitative estimate of drug-likeness (QED) is 0.851. The number of amides is 2. The second kappa shape index (κ2) is 6.87. The van der Waals surface area contributed by atoms with E-state index in [1.807, 2.05) is 0 Å². The first-order valence-electron chi connectivity index (χ1n) is 7.53. The molecule has 116 valence electrons. The number of nitrogens with zero attached hydrogens (tertiary/aromatic N) is 1. The van der Waals surface area contributed by atoms with Crippen molar-refractivity contribution in [3.8, 4) is 0 Å². The van der Waals surface area contributed by atoms with Crippen LogP contribution in [0.4, 0.5) is 20.0 Å². The second-order valence-corrected chi connectivity index (χ2v) is 6.48. The molecular formula is C16H18FN3OS. The Bertz CT molecular complexity index is 646. The molecule has 1 aromatic carbocycles. The van der Waals surface area contributed by atoms with Gasteiger partial charge in [0.15, 0.2) is 5.13 Å². The molecule has 3 rings (SSSR count). The number of aromatic nitrogens is 1. The van der Waals surface area contributed by atoms with Crippen LogP contribution in [-0.4, -0.2) is 11.0 Å². The first kappa shape index (κ1) is 15.0. The Morgan fingerprint density at radius 3 is 2.77 bits per heavy atom. The van der Waals surface area contributed by atoms with E-state index in [2.05, 4.69) is 15.6 Å². The highest BCUT2D eigenvalue weighted by Crippen LogP contribution is 2.28. The second-order valence-electron chi connectivity index (χ2n) is 5.39. The van der Waals surface area contributed by atoms with Crippen LogP contribution >= 0.6 is 11.3 Å². The number of carbonyl (C=O) groups excluding carboxylic acids is 1. The molecule has 0 unspecified atom stereocenters. The summed E-state index contributed by atoms with van der Waals surface area (Å²) < 4.78 is 13.1. The molecule has 6 heteroatoms. The molecular weight excluding hydrogens is 301 g/mol. The number of benzene rings is 1. The standard InChI is InChI=1S/C16H18FN3OS/c17-11-6-5-7-12(10-11)18-15(21)20-16-19-13-8-3-1-2-4-9-14(13)22-16/h5-7,10H,1-4,8-9H2,(H2,18,19,20,21). The number of nitrogens with one attached hydrogen (secondary N) is 2. The fourth-order valence-corrected chi connectivity index (χ4v) is 3.63. The van der Waals surface area contributed by atoms with E-state index in [-0.39, 0.29) is 5.82 Å². The van der Waals surface area contributed by atoms with Crippen molar-refractivity contribution in [1.82, 2.24) is 4.98 Å². The van der Waals surface area contributed by atoms with E-state index < -0.39 is 6.03 Å². The largest absolute Gasteiger partial charge is 0.325 e. The first-order chi connectivity index (χ1) is 10.7. The minimum absolute atomic E-state index is 0.380. The Labute approximate surface area is 132 Å². The first-order valence-corrected chi connectivity index (χ1v) is 8.34. The predicted molar refractivity (Wildman–Crippen MR) is 87.0 cm³/mol. The molecule has 0 radical (unpaired) electrons. The van der Waals surface area contributed by atoms with Crippen LogP contribution in [0.5, 0.6) is 0 Å². The summed E-state index contributed by atoms with van der Waals surface area (Å²) in [6, 6.07) is 5.42. The minimum atomic E-state index is -0.396. The van der Waals surface area contributed by atoms with E-state index in [9.17, 15) is 9.18 Å². The highest BCUT2D eigenvalue weighted by Gasteiger charge is 2.14. The van der Waals surface area contributed by atoms with Crippen LogP contribution in [0.25, 0.3) is 0 Å². The number of anilines is 2. The number of hydrogen-bond donors (Lipinski definition) is 2. The monoisotopic (exact) mass is 319 g/mol. The molecule has 1 aromatic heterocycles. The molecule has 0 bridgehead atoms. The Hall–Kier alpha value is -1.95. The molecule has 1 heterocycles. The van der Waals surface area contributed by atoms with E-state index in [4.69, 9.17) is 0 Å². The van der Waals surface area contributed by atoms with Crippen LogP contribution in [0.3, 0.4) is 0 Å². The molecule has 0 atom stereocenters. The SMILES string of the molecule is O=C(Nc1cccc(F)c1)Nc1nc2c(s1)CCCCCC2. The third-order valence-electron chi connectivity index (χ3n) is 3.65. The number of carbonyl (C=O) groups is 1. The Morgan fingerprint density at radius 1 is 1.14 bits per heavy atom. The molecule has 0 fully saturated rings. The summed E-state index contributed by atoms with van der Waals surface area (Å²) in [7, 11) is 0. The van der Waals surface area contributed by atoms with Gasteiger partial charge < -0.3 is 5.32 Å². The third kappa shape index (κ3) is 3.82. The van der Waals surface area contributed by atoms with Crippen LogP contribution in [-0.2, 0) is 12.8 Å². The molecule has 1 aliphatic carbocycles. The van der Waals surface area contributed by atoms with Gasteiger partial charge in [0.2, 0.25) is 0 Å². The molecule has 0 aliphatic heterocycles. The number of urea groups is 1. The fourth-order valence-electron chi connectivity index (χ4n) is 2.58. The van der Waals surface area contributed by atoms with Gasteiger partial charge in [-0.25, -0.2) is 14.2 Å². The molecule has 22 heavy (non-hydrogen) atoms. The van der Waals surface area contributed by atoms with Crippen LogP contribution in [0.1, 0.15) is 36.3 Å². The lowest BCUT2D eigenvalue weighted by atomic mass is 10.0. The van der Waals surface area contributed by atoms with Crippen LogP contribution in [0.2, 0.25) is 0 Å². The van der Waals surface area contributed by atoms with Gasteiger partial charge in [-0.1, -0.05) is 18.9 Å². The third-order valence-corrected chi connectivity index (χ3v) is 4.72. The van der Waals surface area contributed by atoms with Crippen molar-refractivity contribution in [2.45, 2.75) is 38.5 Å². The van der Waals surface area contributed by atoms with Crippen molar-refractivity contribution >= 4 is 28.2 Å². The lowest BCUT2D eigenvalue weighted by Crippen LogP contribution is -2.19. The van der Waals surface area contributed by atoms with Gasteiger partial charge in [-0.05, 0) is 43.9 Å². The maximum atomic E-state index is 13.1. The fraction of sp³-hybridized carbons (Fsp3) is 0.375. The summed E-state index contributed by atoms with van der Waals surface area (Å²) in [5.41, 5.74) is 1.54. The van der Waals surface area contributed by atoms with Crippen molar-refractivity contribution in [3.63, 3.8) is 0 Å². The van der Waals surface area contributed by atoms with E-state index in [0.29, 0.717) is 10.8 Å². The van der Waals surface area contributed by atoms with Crippen molar-refractivity contribution in [1.29, 1.82) is 0 Å². The van der Waals surface area contributed by atoms with Crippen molar-refractivity contribution in [2.75, 3.05) is 10.6 Å².